The van der Waals surface area contributed by atoms with Gasteiger partial charge in [-0.1, -0.05) is 31.5 Å². The fraction of sp³-hybridized carbons (Fsp3) is 0.533. The van der Waals surface area contributed by atoms with Crippen molar-refractivity contribution < 1.29 is 9.90 Å². The molecule has 0 radical (unpaired) electrons. The van der Waals surface area contributed by atoms with Gasteiger partial charge < -0.3 is 15.7 Å². The predicted molar refractivity (Wildman–Crippen MR) is 83.3 cm³/mol. The number of hydrogen-bond donors (Lipinski definition) is 3. The molecule has 0 saturated heterocycles. The summed E-state index contributed by atoms with van der Waals surface area (Å²) in [6, 6.07) is 5.17. The third kappa shape index (κ3) is 5.80. The first-order valence-corrected chi connectivity index (χ1v) is 7.06. The van der Waals surface area contributed by atoms with Crippen LogP contribution in [0.1, 0.15) is 32.8 Å². The predicted octanol–water partition coefficient (Wildman–Crippen LogP) is 3.57. The molecule has 0 aliphatic carbocycles. The van der Waals surface area contributed by atoms with Crippen molar-refractivity contribution in [3.05, 3.63) is 28.8 Å². The lowest BCUT2D eigenvalue weighted by molar-refractivity contribution is 0.129. The minimum Gasteiger partial charge on any atom is -0.393 e. The second-order valence-electron chi connectivity index (χ2n) is 6.01. The van der Waals surface area contributed by atoms with E-state index in [1.807, 2.05) is 26.8 Å². The molecule has 20 heavy (non-hydrogen) atoms. The van der Waals surface area contributed by atoms with Crippen LogP contribution in [0.3, 0.4) is 0 Å². The highest BCUT2D eigenvalue weighted by molar-refractivity contribution is 6.33. The Morgan fingerprint density at radius 1 is 1.45 bits per heavy atom. The van der Waals surface area contributed by atoms with Gasteiger partial charge in [0.25, 0.3) is 0 Å². The van der Waals surface area contributed by atoms with Crippen molar-refractivity contribution in [1.29, 1.82) is 0 Å². The third-order valence-corrected chi connectivity index (χ3v) is 3.26. The number of aryl methyl sites for hydroxylation is 1. The van der Waals surface area contributed by atoms with E-state index in [0.29, 0.717) is 23.7 Å². The van der Waals surface area contributed by atoms with Crippen molar-refractivity contribution in [1.82, 2.24) is 5.32 Å². The van der Waals surface area contributed by atoms with Gasteiger partial charge in [0.2, 0.25) is 0 Å². The summed E-state index contributed by atoms with van der Waals surface area (Å²) in [5, 5.41) is 15.4. The molecule has 4 nitrogen and oxygen atoms in total. The molecule has 1 aromatic carbocycles. The zero-order valence-corrected chi connectivity index (χ0v) is 13.2. The Morgan fingerprint density at radius 2 is 2.10 bits per heavy atom. The van der Waals surface area contributed by atoms with Crippen molar-refractivity contribution in [2.75, 3.05) is 11.9 Å². The molecule has 0 aromatic heterocycles. The van der Waals surface area contributed by atoms with Crippen LogP contribution in [0.15, 0.2) is 18.2 Å². The molecule has 0 aliphatic heterocycles. The smallest absolute Gasteiger partial charge is 0.319 e. The largest absolute Gasteiger partial charge is 0.393 e. The molecule has 5 heteroatoms. The van der Waals surface area contributed by atoms with Crippen LogP contribution >= 0.6 is 11.6 Å². The van der Waals surface area contributed by atoms with Gasteiger partial charge in [0.1, 0.15) is 0 Å². The number of halogens is 1. The van der Waals surface area contributed by atoms with Gasteiger partial charge in [-0.3, -0.25) is 0 Å². The molecule has 0 aliphatic rings. The number of carbonyl (C=O) groups is 1. The molecule has 1 aromatic rings. The Hall–Kier alpha value is -1.26. The number of aliphatic hydroxyl groups is 1. The molecule has 2 amide bonds. The molecule has 0 saturated carbocycles. The first-order chi connectivity index (χ1) is 9.19. The van der Waals surface area contributed by atoms with Gasteiger partial charge in [0.05, 0.1) is 16.8 Å². The van der Waals surface area contributed by atoms with Gasteiger partial charge in [-0.05, 0) is 43.4 Å². The van der Waals surface area contributed by atoms with Gasteiger partial charge in [-0.2, -0.15) is 0 Å². The molecule has 3 N–H and O–H groups in total. The van der Waals surface area contributed by atoms with E-state index in [4.69, 9.17) is 11.6 Å². The topological polar surface area (TPSA) is 61.4 Å². The third-order valence-electron chi connectivity index (χ3n) is 2.95. The van der Waals surface area contributed by atoms with E-state index in [9.17, 15) is 9.90 Å². The van der Waals surface area contributed by atoms with Crippen LogP contribution in [0.4, 0.5) is 10.5 Å². The Bertz CT molecular complexity index is 473. The lowest BCUT2D eigenvalue weighted by Gasteiger charge is -2.26. The molecule has 0 fully saturated rings. The number of hydrogen-bond acceptors (Lipinski definition) is 2. The average Bonchev–Trinajstić information content (AvgIpc) is 2.29. The summed E-state index contributed by atoms with van der Waals surface area (Å²) in [5.41, 5.74) is 1.46. The van der Waals surface area contributed by atoms with E-state index in [0.717, 1.165) is 5.56 Å². The highest BCUT2D eigenvalue weighted by Crippen LogP contribution is 2.23. The van der Waals surface area contributed by atoms with Crippen molar-refractivity contribution in [3.8, 4) is 0 Å². The fourth-order valence-electron chi connectivity index (χ4n) is 2.08. The molecular formula is C15H23ClN2O2. The van der Waals surface area contributed by atoms with E-state index >= 15 is 0 Å². The maximum Gasteiger partial charge on any atom is 0.319 e. The number of nitrogens with one attached hydrogen (secondary N) is 2. The molecule has 1 rings (SSSR count). The van der Waals surface area contributed by atoms with Crippen LogP contribution in [-0.4, -0.2) is 23.8 Å². The standard InChI is InChI=1S/C15H23ClN2O2/c1-10-5-6-13(12(16)7-10)18-14(20)17-9-15(3,4)8-11(2)19/h5-7,11,19H,8-9H2,1-4H3,(H2,17,18,20). The minimum atomic E-state index is -0.388. The number of rotatable bonds is 5. The minimum absolute atomic E-state index is 0.164. The summed E-state index contributed by atoms with van der Waals surface area (Å²) < 4.78 is 0. The summed E-state index contributed by atoms with van der Waals surface area (Å²) >= 11 is 6.06. The number of carbonyl (C=O) groups excluding carboxylic acids is 1. The Kier molecular flexibility index (Phi) is 5.84. The Balaban J connectivity index is 2.52. The van der Waals surface area contributed by atoms with Crippen LogP contribution in [0, 0.1) is 12.3 Å². The van der Waals surface area contributed by atoms with Crippen LogP contribution in [0.5, 0.6) is 0 Å². The number of aliphatic hydroxyl groups excluding tert-OH is 1. The molecule has 112 valence electrons. The molecule has 1 unspecified atom stereocenters. The van der Waals surface area contributed by atoms with Crippen molar-refractivity contribution in [2.45, 2.75) is 40.2 Å². The van der Waals surface area contributed by atoms with Crippen molar-refractivity contribution in [3.63, 3.8) is 0 Å². The normalized spacial score (nSPS) is 12.9. The summed E-state index contributed by atoms with van der Waals surface area (Å²) in [6.45, 7) is 8.16. The average molecular weight is 299 g/mol. The summed E-state index contributed by atoms with van der Waals surface area (Å²) in [6.07, 6.45) is 0.236. The summed E-state index contributed by atoms with van der Waals surface area (Å²) in [7, 11) is 0. The Labute approximate surface area is 125 Å². The van der Waals surface area contributed by atoms with E-state index in [1.165, 1.54) is 0 Å². The van der Waals surface area contributed by atoms with Gasteiger partial charge in [0.15, 0.2) is 0 Å². The molecule has 1 atom stereocenters. The van der Waals surface area contributed by atoms with Gasteiger partial charge in [-0.25, -0.2) is 4.79 Å². The summed E-state index contributed by atoms with van der Waals surface area (Å²) in [5.74, 6) is 0. The Morgan fingerprint density at radius 3 is 2.65 bits per heavy atom. The fourth-order valence-corrected chi connectivity index (χ4v) is 2.36. The summed E-state index contributed by atoms with van der Waals surface area (Å²) in [4.78, 5) is 11.8. The van der Waals surface area contributed by atoms with E-state index < -0.39 is 0 Å². The highest BCUT2D eigenvalue weighted by Gasteiger charge is 2.21. The van der Waals surface area contributed by atoms with Crippen LogP contribution in [-0.2, 0) is 0 Å². The monoisotopic (exact) mass is 298 g/mol. The number of amides is 2. The van der Waals surface area contributed by atoms with Gasteiger partial charge in [0, 0.05) is 6.54 Å². The lowest BCUT2D eigenvalue weighted by atomic mass is 9.87. The highest BCUT2D eigenvalue weighted by atomic mass is 35.5. The zero-order chi connectivity index (χ0) is 15.3. The van der Waals surface area contributed by atoms with E-state index in [1.54, 1.807) is 19.1 Å². The maximum atomic E-state index is 11.8. The van der Waals surface area contributed by atoms with Crippen LogP contribution in [0.25, 0.3) is 0 Å². The number of benzene rings is 1. The van der Waals surface area contributed by atoms with E-state index in [2.05, 4.69) is 10.6 Å². The number of urea groups is 1. The second-order valence-corrected chi connectivity index (χ2v) is 6.42. The van der Waals surface area contributed by atoms with Crippen LogP contribution in [0.2, 0.25) is 5.02 Å². The van der Waals surface area contributed by atoms with Crippen LogP contribution < -0.4 is 10.6 Å². The molecule has 0 spiro atoms. The van der Waals surface area contributed by atoms with Gasteiger partial charge in [-0.15, -0.1) is 0 Å². The quantitative estimate of drug-likeness (QED) is 0.778. The van der Waals surface area contributed by atoms with Gasteiger partial charge >= 0.3 is 6.03 Å². The van der Waals surface area contributed by atoms with Crippen molar-refractivity contribution in [2.24, 2.45) is 5.41 Å². The second kappa shape index (κ2) is 6.95. The molecule has 0 bridgehead atoms. The maximum absolute atomic E-state index is 11.8. The first-order valence-electron chi connectivity index (χ1n) is 6.69. The molecule has 0 heterocycles. The lowest BCUT2D eigenvalue weighted by Crippen LogP contribution is -2.38. The SMILES string of the molecule is Cc1ccc(NC(=O)NCC(C)(C)CC(C)O)c(Cl)c1. The number of anilines is 1. The zero-order valence-electron chi connectivity index (χ0n) is 12.5. The first kappa shape index (κ1) is 16.8. The van der Waals surface area contributed by atoms with E-state index in [-0.39, 0.29) is 17.6 Å². The van der Waals surface area contributed by atoms with Crippen molar-refractivity contribution >= 4 is 23.3 Å². The molecular weight excluding hydrogens is 276 g/mol.